The average molecular weight is 443 g/mol. The van der Waals surface area contributed by atoms with E-state index in [0.29, 0.717) is 23.1 Å². The van der Waals surface area contributed by atoms with E-state index < -0.39 is 15.7 Å². The third kappa shape index (κ3) is 5.33. The van der Waals surface area contributed by atoms with Crippen LogP contribution in [-0.4, -0.2) is 51.8 Å². The van der Waals surface area contributed by atoms with Crippen molar-refractivity contribution < 1.29 is 22.4 Å². The minimum atomic E-state index is -3.34. The topological polar surface area (TPSA) is 88.9 Å². The van der Waals surface area contributed by atoms with Crippen LogP contribution in [0, 0.1) is 0 Å². The van der Waals surface area contributed by atoms with Crippen molar-refractivity contribution >= 4 is 26.7 Å². The van der Waals surface area contributed by atoms with Gasteiger partial charge < -0.3 is 14.5 Å². The third-order valence-electron chi connectivity index (χ3n) is 5.37. The van der Waals surface area contributed by atoms with Crippen LogP contribution in [0.25, 0.3) is 11.0 Å². The van der Waals surface area contributed by atoms with Crippen LogP contribution in [0.3, 0.4) is 0 Å². The molecule has 3 aromatic rings. The molecule has 0 radical (unpaired) electrons. The van der Waals surface area contributed by atoms with Gasteiger partial charge in [0.05, 0.1) is 19.0 Å². The average Bonchev–Trinajstić information content (AvgIpc) is 3.11. The Morgan fingerprint density at radius 1 is 1.03 bits per heavy atom. The summed E-state index contributed by atoms with van der Waals surface area (Å²) in [6, 6.07) is 15.1. The van der Waals surface area contributed by atoms with Crippen LogP contribution in [0.1, 0.15) is 27.2 Å². The molecular weight excluding hydrogens is 416 g/mol. The molecule has 1 amide bonds. The molecule has 1 aliphatic heterocycles. The summed E-state index contributed by atoms with van der Waals surface area (Å²) in [6.07, 6.45) is 1.15. The molecule has 1 fully saturated rings. The number of furan rings is 1. The molecule has 8 heteroatoms. The number of fused-ring (bicyclic) bond motifs is 1. The summed E-state index contributed by atoms with van der Waals surface area (Å²) < 4.78 is 35.0. The zero-order chi connectivity index (χ0) is 21.8. The number of carbonyl (C=O) groups excluding carboxylic acids is 1. The highest BCUT2D eigenvalue weighted by Crippen LogP contribution is 2.27. The minimum Gasteiger partial charge on any atom is -0.451 e. The monoisotopic (exact) mass is 442 g/mol. The van der Waals surface area contributed by atoms with Gasteiger partial charge >= 0.3 is 0 Å². The van der Waals surface area contributed by atoms with Gasteiger partial charge in [-0.2, -0.15) is 0 Å². The normalized spacial score (nSPS) is 15.3. The van der Waals surface area contributed by atoms with Crippen LogP contribution in [0.2, 0.25) is 0 Å². The molecule has 1 saturated heterocycles. The first-order valence-electron chi connectivity index (χ1n) is 10.2. The molecule has 0 saturated carbocycles. The summed E-state index contributed by atoms with van der Waals surface area (Å²) >= 11 is 0. The van der Waals surface area contributed by atoms with Gasteiger partial charge in [-0.15, -0.1) is 0 Å². The van der Waals surface area contributed by atoms with E-state index in [1.807, 2.05) is 18.2 Å². The van der Waals surface area contributed by atoms with Crippen molar-refractivity contribution in [3.05, 3.63) is 71.0 Å². The van der Waals surface area contributed by atoms with Crippen molar-refractivity contribution in [2.45, 2.75) is 18.8 Å². The number of hydrogen-bond donors (Lipinski definition) is 1. The van der Waals surface area contributed by atoms with Crippen molar-refractivity contribution in [1.82, 2.24) is 10.2 Å². The number of hydrogen-bond acceptors (Lipinski definition) is 6. The SMILES string of the molecule is CS(=O)(=O)Cc1c(C(=O)NCc2ccccc2CN2CCOCC2)oc2ccccc12. The second-order valence-corrected chi connectivity index (χ2v) is 9.96. The molecule has 4 rings (SSSR count). The Hall–Kier alpha value is -2.68. The summed E-state index contributed by atoms with van der Waals surface area (Å²) in [7, 11) is -3.34. The van der Waals surface area contributed by atoms with Gasteiger partial charge in [-0.1, -0.05) is 42.5 Å². The van der Waals surface area contributed by atoms with Crippen LogP contribution in [0.4, 0.5) is 0 Å². The lowest BCUT2D eigenvalue weighted by Gasteiger charge is -2.27. The highest BCUT2D eigenvalue weighted by Gasteiger charge is 2.23. The van der Waals surface area contributed by atoms with Crippen LogP contribution in [-0.2, 0) is 33.4 Å². The van der Waals surface area contributed by atoms with Crippen molar-refractivity contribution in [1.29, 1.82) is 0 Å². The van der Waals surface area contributed by atoms with Gasteiger partial charge in [-0.05, 0) is 17.2 Å². The van der Waals surface area contributed by atoms with Crippen LogP contribution < -0.4 is 5.32 Å². The molecule has 31 heavy (non-hydrogen) atoms. The van der Waals surface area contributed by atoms with Gasteiger partial charge in [-0.25, -0.2) is 8.42 Å². The Balaban J connectivity index is 1.53. The predicted octanol–water partition coefficient (Wildman–Crippen LogP) is 2.74. The lowest BCUT2D eigenvalue weighted by molar-refractivity contribution is 0.0340. The second-order valence-electron chi connectivity index (χ2n) is 7.82. The highest BCUT2D eigenvalue weighted by atomic mass is 32.2. The van der Waals surface area contributed by atoms with Gasteiger partial charge in [0.1, 0.15) is 5.58 Å². The number of ether oxygens (including phenoxy) is 1. The van der Waals surface area contributed by atoms with E-state index in [-0.39, 0.29) is 11.5 Å². The molecule has 0 atom stereocenters. The standard InChI is InChI=1S/C23H26N2O5S/c1-31(27,28)16-20-19-8-4-5-9-21(19)30-22(20)23(26)24-14-17-6-2-3-7-18(17)15-25-10-12-29-13-11-25/h2-9H,10-16H2,1H3,(H,24,26). The lowest BCUT2D eigenvalue weighted by atomic mass is 10.1. The molecule has 0 spiro atoms. The van der Waals surface area contributed by atoms with Crippen molar-refractivity contribution in [2.75, 3.05) is 32.6 Å². The number of rotatable bonds is 7. The Bertz CT molecular complexity index is 1180. The summed E-state index contributed by atoms with van der Waals surface area (Å²) in [5, 5.41) is 3.55. The number of benzene rings is 2. The largest absolute Gasteiger partial charge is 0.451 e. The lowest BCUT2D eigenvalue weighted by Crippen LogP contribution is -2.36. The van der Waals surface area contributed by atoms with E-state index in [1.54, 1.807) is 24.3 Å². The highest BCUT2D eigenvalue weighted by molar-refractivity contribution is 7.89. The molecule has 164 valence electrons. The zero-order valence-corrected chi connectivity index (χ0v) is 18.3. The first kappa shape index (κ1) is 21.5. The van der Waals surface area contributed by atoms with Crippen LogP contribution >= 0.6 is 0 Å². The first-order chi connectivity index (χ1) is 14.9. The number of nitrogens with one attached hydrogen (secondary N) is 1. The van der Waals surface area contributed by atoms with E-state index in [9.17, 15) is 13.2 Å². The number of para-hydroxylation sites is 1. The van der Waals surface area contributed by atoms with E-state index in [0.717, 1.165) is 50.2 Å². The van der Waals surface area contributed by atoms with Gasteiger partial charge in [-0.3, -0.25) is 9.69 Å². The Morgan fingerprint density at radius 3 is 2.45 bits per heavy atom. The number of morpholine rings is 1. The van der Waals surface area contributed by atoms with Gasteiger partial charge in [0.25, 0.3) is 5.91 Å². The fraction of sp³-hybridized carbons (Fsp3) is 0.348. The van der Waals surface area contributed by atoms with Gasteiger partial charge in [0.2, 0.25) is 0 Å². The van der Waals surface area contributed by atoms with E-state index >= 15 is 0 Å². The molecule has 7 nitrogen and oxygen atoms in total. The molecular formula is C23H26N2O5S. The summed E-state index contributed by atoms with van der Waals surface area (Å²) in [5.41, 5.74) is 3.06. The number of amides is 1. The molecule has 1 N–H and O–H groups in total. The predicted molar refractivity (Wildman–Crippen MR) is 118 cm³/mol. The molecule has 0 bridgehead atoms. The van der Waals surface area contributed by atoms with E-state index in [2.05, 4.69) is 16.3 Å². The Morgan fingerprint density at radius 2 is 1.71 bits per heavy atom. The smallest absolute Gasteiger partial charge is 0.287 e. The maximum Gasteiger partial charge on any atom is 0.287 e. The summed E-state index contributed by atoms with van der Waals surface area (Å²) in [6.45, 7) is 4.35. The zero-order valence-electron chi connectivity index (χ0n) is 17.5. The van der Waals surface area contributed by atoms with Crippen molar-refractivity contribution in [3.63, 3.8) is 0 Å². The Kier molecular flexibility index (Phi) is 6.41. The number of sulfone groups is 1. The Labute approximate surface area is 181 Å². The van der Waals surface area contributed by atoms with Crippen LogP contribution in [0.15, 0.2) is 52.9 Å². The number of nitrogens with zero attached hydrogens (tertiary/aromatic N) is 1. The fourth-order valence-electron chi connectivity index (χ4n) is 3.83. The van der Waals surface area contributed by atoms with Crippen molar-refractivity contribution in [3.8, 4) is 0 Å². The molecule has 1 aromatic heterocycles. The summed E-state index contributed by atoms with van der Waals surface area (Å²) in [5.74, 6) is -0.617. The maximum atomic E-state index is 13.0. The molecule has 0 aliphatic carbocycles. The molecule has 0 unspecified atom stereocenters. The maximum absolute atomic E-state index is 13.0. The van der Waals surface area contributed by atoms with E-state index in [1.165, 1.54) is 0 Å². The first-order valence-corrected chi connectivity index (χ1v) is 12.3. The molecule has 2 heterocycles. The van der Waals surface area contributed by atoms with Crippen LogP contribution in [0.5, 0.6) is 0 Å². The van der Waals surface area contributed by atoms with Gasteiger partial charge in [0.15, 0.2) is 15.6 Å². The van der Waals surface area contributed by atoms with E-state index in [4.69, 9.17) is 9.15 Å². The quantitative estimate of drug-likeness (QED) is 0.605. The fourth-order valence-corrected chi connectivity index (χ4v) is 4.64. The van der Waals surface area contributed by atoms with Gasteiger partial charge in [0, 0.05) is 43.4 Å². The minimum absolute atomic E-state index is 0.0530. The molecule has 1 aliphatic rings. The molecule has 2 aromatic carbocycles. The van der Waals surface area contributed by atoms with Crippen molar-refractivity contribution in [2.24, 2.45) is 0 Å². The second kappa shape index (κ2) is 9.21. The number of carbonyl (C=O) groups is 1. The summed E-state index contributed by atoms with van der Waals surface area (Å²) in [4.78, 5) is 15.3. The third-order valence-corrected chi connectivity index (χ3v) is 6.18.